The molecule has 0 bridgehead atoms. The average Bonchev–Trinajstić information content (AvgIpc) is 2.88. The van der Waals surface area contributed by atoms with Crippen molar-refractivity contribution in [2.45, 2.75) is 52.1 Å². The van der Waals surface area contributed by atoms with E-state index < -0.39 is 28.5 Å². The van der Waals surface area contributed by atoms with Crippen LogP contribution < -0.4 is 9.62 Å². The maximum Gasteiger partial charge on any atom is 0.264 e. The maximum atomic E-state index is 14.0. The molecule has 3 aromatic rings. The number of carbonyl (C=O) groups excluding carboxylic acids is 2. The molecule has 0 radical (unpaired) electrons. The van der Waals surface area contributed by atoms with E-state index in [-0.39, 0.29) is 17.3 Å². The van der Waals surface area contributed by atoms with E-state index in [1.165, 1.54) is 17.0 Å². The molecule has 7 nitrogen and oxygen atoms in total. The Bertz CT molecular complexity index is 1440. The number of hydrogen-bond acceptors (Lipinski definition) is 4. The second-order valence-corrected chi connectivity index (χ2v) is 12.1. The highest BCUT2D eigenvalue weighted by atomic mass is 35.5. The van der Waals surface area contributed by atoms with Crippen molar-refractivity contribution in [3.05, 3.63) is 93.0 Å². The zero-order valence-corrected chi connectivity index (χ0v) is 25.0. The zero-order valence-electron chi connectivity index (χ0n) is 22.7. The highest BCUT2D eigenvalue weighted by Crippen LogP contribution is 2.30. The number of hydrogen-bond donors (Lipinski definition) is 1. The Labute approximate surface area is 240 Å². The Kier molecular flexibility index (Phi) is 10.0. The largest absolute Gasteiger partial charge is 0.355 e. The van der Waals surface area contributed by atoms with Crippen LogP contribution in [-0.2, 0) is 26.2 Å². The third-order valence-corrected chi connectivity index (χ3v) is 8.91. The summed E-state index contributed by atoms with van der Waals surface area (Å²) in [7, 11) is -4.15. The number of benzene rings is 3. The fourth-order valence-electron chi connectivity index (χ4n) is 4.10. The Hall–Kier alpha value is -3.07. The van der Waals surface area contributed by atoms with Crippen LogP contribution in [0.25, 0.3) is 0 Å². The third kappa shape index (κ3) is 7.12. The Morgan fingerprint density at radius 1 is 0.923 bits per heavy atom. The fraction of sp³-hybridized carbons (Fsp3) is 0.310. The van der Waals surface area contributed by atoms with Gasteiger partial charge < -0.3 is 10.2 Å². The SMILES string of the molecule is CCNC(=O)[C@H](C)N(Cc1c(Cl)cccc1Cl)C(=O)CN(c1cc(C)ccc1C)S(=O)(=O)c1ccc(C)cc1. The van der Waals surface area contributed by atoms with E-state index in [4.69, 9.17) is 23.2 Å². The molecule has 3 rings (SSSR count). The summed E-state index contributed by atoms with van der Waals surface area (Å²) in [6.45, 7) is 8.62. The zero-order chi connectivity index (χ0) is 28.9. The van der Waals surface area contributed by atoms with Crippen LogP contribution in [0.5, 0.6) is 0 Å². The minimum absolute atomic E-state index is 0.0549. The molecule has 0 aliphatic carbocycles. The normalized spacial score (nSPS) is 12.1. The van der Waals surface area contributed by atoms with Crippen molar-refractivity contribution in [2.75, 3.05) is 17.4 Å². The molecular weight excluding hydrogens is 557 g/mol. The molecule has 0 saturated carbocycles. The van der Waals surface area contributed by atoms with Crippen molar-refractivity contribution in [3.63, 3.8) is 0 Å². The summed E-state index contributed by atoms with van der Waals surface area (Å²) in [4.78, 5) is 28.2. The van der Waals surface area contributed by atoms with Gasteiger partial charge in [0.05, 0.1) is 10.6 Å². The molecule has 0 unspecified atom stereocenters. The van der Waals surface area contributed by atoms with Crippen LogP contribution in [-0.4, -0.2) is 44.3 Å². The Morgan fingerprint density at radius 3 is 2.10 bits per heavy atom. The van der Waals surface area contributed by atoms with E-state index in [0.717, 1.165) is 15.4 Å². The van der Waals surface area contributed by atoms with E-state index in [1.807, 2.05) is 26.0 Å². The summed E-state index contributed by atoms with van der Waals surface area (Å²) in [5.41, 5.74) is 3.27. The van der Waals surface area contributed by atoms with E-state index in [1.54, 1.807) is 57.2 Å². The van der Waals surface area contributed by atoms with Crippen LogP contribution in [0.2, 0.25) is 10.0 Å². The van der Waals surface area contributed by atoms with E-state index in [9.17, 15) is 18.0 Å². The number of aryl methyl sites for hydroxylation is 3. The summed E-state index contributed by atoms with van der Waals surface area (Å²) in [5.74, 6) is -0.963. The van der Waals surface area contributed by atoms with Gasteiger partial charge in [-0.15, -0.1) is 0 Å². The van der Waals surface area contributed by atoms with Crippen molar-refractivity contribution < 1.29 is 18.0 Å². The second-order valence-electron chi connectivity index (χ2n) is 9.41. The summed E-state index contributed by atoms with van der Waals surface area (Å²) in [5, 5.41) is 3.40. The molecule has 39 heavy (non-hydrogen) atoms. The fourth-order valence-corrected chi connectivity index (χ4v) is 6.08. The minimum Gasteiger partial charge on any atom is -0.355 e. The van der Waals surface area contributed by atoms with Gasteiger partial charge in [0.25, 0.3) is 10.0 Å². The molecule has 0 spiro atoms. The molecule has 0 saturated heterocycles. The highest BCUT2D eigenvalue weighted by Gasteiger charge is 2.33. The van der Waals surface area contributed by atoms with Gasteiger partial charge in [-0.25, -0.2) is 8.42 Å². The van der Waals surface area contributed by atoms with Gasteiger partial charge in [0.2, 0.25) is 11.8 Å². The quantitative estimate of drug-likeness (QED) is 0.330. The number of sulfonamides is 1. The molecule has 0 aliphatic heterocycles. The predicted molar refractivity (Wildman–Crippen MR) is 157 cm³/mol. The number of nitrogens with zero attached hydrogens (tertiary/aromatic N) is 2. The summed E-state index contributed by atoms with van der Waals surface area (Å²) >= 11 is 12.8. The molecule has 1 N–H and O–H groups in total. The van der Waals surface area contributed by atoms with Crippen LogP contribution in [0.15, 0.2) is 65.6 Å². The van der Waals surface area contributed by atoms with Crippen LogP contribution in [0.4, 0.5) is 5.69 Å². The summed E-state index contributed by atoms with van der Waals surface area (Å²) in [6, 6.07) is 15.9. The Balaban J connectivity index is 2.11. The van der Waals surface area contributed by atoms with Gasteiger partial charge in [-0.3, -0.25) is 13.9 Å². The molecule has 2 amide bonds. The van der Waals surface area contributed by atoms with Crippen molar-refractivity contribution in [1.29, 1.82) is 0 Å². The van der Waals surface area contributed by atoms with E-state index >= 15 is 0 Å². The lowest BCUT2D eigenvalue weighted by Gasteiger charge is -2.32. The predicted octanol–water partition coefficient (Wildman–Crippen LogP) is 5.67. The number of rotatable bonds is 10. The number of anilines is 1. The van der Waals surface area contributed by atoms with Crippen molar-refractivity contribution in [1.82, 2.24) is 10.2 Å². The van der Waals surface area contributed by atoms with Crippen LogP contribution in [0.3, 0.4) is 0 Å². The first kappa shape index (κ1) is 30.5. The third-order valence-electron chi connectivity index (χ3n) is 6.43. The van der Waals surface area contributed by atoms with Gasteiger partial charge in [-0.1, -0.05) is 59.1 Å². The van der Waals surface area contributed by atoms with Crippen LogP contribution >= 0.6 is 23.2 Å². The average molecular weight is 591 g/mol. The van der Waals surface area contributed by atoms with Crippen molar-refractivity contribution in [2.24, 2.45) is 0 Å². The first-order chi connectivity index (χ1) is 18.4. The van der Waals surface area contributed by atoms with Crippen molar-refractivity contribution >= 4 is 50.7 Å². The van der Waals surface area contributed by atoms with Crippen LogP contribution in [0.1, 0.15) is 36.1 Å². The molecule has 0 heterocycles. The minimum atomic E-state index is -4.15. The number of halogens is 2. The standard InChI is InChI=1S/C29H33Cl2N3O4S/c1-6-32-29(36)22(5)33(17-24-25(30)8-7-9-26(24)31)28(35)18-34(27-16-20(3)10-13-21(27)4)39(37,38)23-14-11-19(2)12-15-23/h7-16,22H,6,17-18H2,1-5H3,(H,32,36)/t22-/m0/s1. The highest BCUT2D eigenvalue weighted by molar-refractivity contribution is 7.92. The second kappa shape index (κ2) is 12.9. The van der Waals surface area contributed by atoms with Gasteiger partial charge in [-0.2, -0.15) is 0 Å². The van der Waals surface area contributed by atoms with Gasteiger partial charge in [0.15, 0.2) is 0 Å². The molecule has 208 valence electrons. The van der Waals surface area contributed by atoms with Crippen LogP contribution in [0, 0.1) is 20.8 Å². The van der Waals surface area contributed by atoms with E-state index in [0.29, 0.717) is 33.4 Å². The lowest BCUT2D eigenvalue weighted by atomic mass is 10.1. The molecule has 10 heteroatoms. The van der Waals surface area contributed by atoms with Gasteiger partial charge in [0.1, 0.15) is 12.6 Å². The van der Waals surface area contributed by atoms with Crippen molar-refractivity contribution in [3.8, 4) is 0 Å². The monoisotopic (exact) mass is 589 g/mol. The smallest absolute Gasteiger partial charge is 0.264 e. The number of nitrogens with one attached hydrogen (secondary N) is 1. The molecule has 3 aromatic carbocycles. The van der Waals surface area contributed by atoms with Gasteiger partial charge in [-0.05, 0) is 76.1 Å². The van der Waals surface area contributed by atoms with E-state index in [2.05, 4.69) is 5.32 Å². The first-order valence-corrected chi connectivity index (χ1v) is 14.7. The lowest BCUT2D eigenvalue weighted by Crippen LogP contribution is -2.51. The number of carbonyl (C=O) groups is 2. The summed E-state index contributed by atoms with van der Waals surface area (Å²) < 4.78 is 29.0. The number of likely N-dealkylation sites (N-methyl/N-ethyl adjacent to an activating group) is 1. The van der Waals surface area contributed by atoms with Gasteiger partial charge in [0, 0.05) is 28.7 Å². The topological polar surface area (TPSA) is 86.8 Å². The first-order valence-electron chi connectivity index (χ1n) is 12.5. The molecule has 0 fully saturated rings. The molecule has 0 aliphatic rings. The Morgan fingerprint density at radius 2 is 1.51 bits per heavy atom. The lowest BCUT2D eigenvalue weighted by molar-refractivity contribution is -0.139. The summed E-state index contributed by atoms with van der Waals surface area (Å²) in [6.07, 6.45) is 0. The molecular formula is C29H33Cl2N3O4S. The maximum absolute atomic E-state index is 14.0. The molecule has 1 atom stereocenters. The number of amides is 2. The van der Waals surface area contributed by atoms with Gasteiger partial charge >= 0.3 is 0 Å². The molecule has 0 aromatic heterocycles.